The highest BCUT2D eigenvalue weighted by Gasteiger charge is 2.26. The number of hydrazine groups is 1. The van der Waals surface area contributed by atoms with Gasteiger partial charge in [0.05, 0.1) is 6.61 Å². The summed E-state index contributed by atoms with van der Waals surface area (Å²) in [6.07, 6.45) is 4.96. The molecule has 116 valence electrons. The number of morpholine rings is 1. The predicted octanol–water partition coefficient (Wildman–Crippen LogP) is 1.81. The van der Waals surface area contributed by atoms with Crippen LogP contribution < -0.4 is 11.3 Å². The van der Waals surface area contributed by atoms with Crippen LogP contribution in [0.2, 0.25) is 0 Å². The first-order valence-corrected chi connectivity index (χ1v) is 7.99. The normalized spacial score (nSPS) is 24.4. The molecule has 3 rings (SSSR count). The van der Waals surface area contributed by atoms with Crippen molar-refractivity contribution in [2.75, 3.05) is 31.7 Å². The number of rotatable bonds is 4. The van der Waals surface area contributed by atoms with Crippen molar-refractivity contribution in [2.24, 2.45) is 5.84 Å². The summed E-state index contributed by atoms with van der Waals surface area (Å²) in [4.78, 5) is 11.7. The van der Waals surface area contributed by atoms with Crippen molar-refractivity contribution in [3.63, 3.8) is 0 Å². The topological polar surface area (TPSA) is 76.3 Å². The number of aromatic nitrogens is 2. The molecule has 3 N–H and O–H groups in total. The van der Waals surface area contributed by atoms with Gasteiger partial charge >= 0.3 is 0 Å². The molecule has 1 aliphatic heterocycles. The molecule has 1 saturated carbocycles. The molecule has 2 heterocycles. The molecule has 0 amide bonds. The Hall–Kier alpha value is -1.24. The molecule has 0 aromatic carbocycles. The molecule has 1 unspecified atom stereocenters. The van der Waals surface area contributed by atoms with E-state index in [9.17, 15) is 0 Å². The SMILES string of the molecule is CCN1CCOC(c2nc(NN)cc(C3CCCC3)n2)C1. The largest absolute Gasteiger partial charge is 0.368 e. The van der Waals surface area contributed by atoms with Gasteiger partial charge in [-0.15, -0.1) is 0 Å². The van der Waals surface area contributed by atoms with E-state index in [-0.39, 0.29) is 6.10 Å². The molecule has 0 radical (unpaired) electrons. The molecule has 0 bridgehead atoms. The van der Waals surface area contributed by atoms with Crippen LogP contribution in [-0.2, 0) is 4.74 Å². The van der Waals surface area contributed by atoms with Crippen molar-refractivity contribution in [2.45, 2.75) is 44.6 Å². The first-order valence-electron chi connectivity index (χ1n) is 7.99. The van der Waals surface area contributed by atoms with Crippen molar-refractivity contribution in [3.05, 3.63) is 17.6 Å². The van der Waals surface area contributed by atoms with E-state index in [1.54, 1.807) is 0 Å². The van der Waals surface area contributed by atoms with E-state index in [1.807, 2.05) is 6.07 Å². The van der Waals surface area contributed by atoms with Crippen LogP contribution in [0.3, 0.4) is 0 Å². The van der Waals surface area contributed by atoms with Crippen molar-refractivity contribution < 1.29 is 4.74 Å². The van der Waals surface area contributed by atoms with Crippen molar-refractivity contribution >= 4 is 5.82 Å². The van der Waals surface area contributed by atoms with Crippen LogP contribution in [0.15, 0.2) is 6.07 Å². The summed E-state index contributed by atoms with van der Waals surface area (Å²) in [5, 5.41) is 0. The third kappa shape index (κ3) is 3.33. The van der Waals surface area contributed by atoms with Gasteiger partial charge in [0.15, 0.2) is 5.82 Å². The zero-order valence-corrected chi connectivity index (χ0v) is 12.7. The molecule has 2 fully saturated rings. The van der Waals surface area contributed by atoms with Gasteiger partial charge in [-0.05, 0) is 19.4 Å². The van der Waals surface area contributed by atoms with Crippen LogP contribution in [0, 0.1) is 0 Å². The lowest BCUT2D eigenvalue weighted by Crippen LogP contribution is -2.38. The highest BCUT2D eigenvalue weighted by atomic mass is 16.5. The number of nitrogens with one attached hydrogen (secondary N) is 1. The van der Waals surface area contributed by atoms with Crippen molar-refractivity contribution in [1.82, 2.24) is 14.9 Å². The lowest BCUT2D eigenvalue weighted by atomic mass is 10.0. The molecule has 21 heavy (non-hydrogen) atoms. The monoisotopic (exact) mass is 291 g/mol. The number of nitrogens with zero attached hydrogens (tertiary/aromatic N) is 3. The van der Waals surface area contributed by atoms with Gasteiger partial charge in [-0.1, -0.05) is 19.8 Å². The van der Waals surface area contributed by atoms with Crippen LogP contribution in [-0.4, -0.2) is 41.1 Å². The van der Waals surface area contributed by atoms with Gasteiger partial charge in [0.2, 0.25) is 0 Å². The lowest BCUT2D eigenvalue weighted by molar-refractivity contribution is -0.0326. The molecule has 2 aliphatic rings. The number of nitrogens with two attached hydrogens (primary N) is 1. The van der Waals surface area contributed by atoms with Gasteiger partial charge in [0.25, 0.3) is 0 Å². The summed E-state index contributed by atoms with van der Waals surface area (Å²) >= 11 is 0. The minimum absolute atomic E-state index is 0.0489. The summed E-state index contributed by atoms with van der Waals surface area (Å²) in [7, 11) is 0. The molecule has 1 aromatic heterocycles. The molecule has 0 spiro atoms. The Labute approximate surface area is 126 Å². The summed E-state index contributed by atoms with van der Waals surface area (Å²) in [6, 6.07) is 1.99. The number of anilines is 1. The molecule has 1 atom stereocenters. The number of hydrogen-bond acceptors (Lipinski definition) is 6. The van der Waals surface area contributed by atoms with Crippen LogP contribution in [0.5, 0.6) is 0 Å². The standard InChI is InChI=1S/C15H25N5O/c1-2-20-7-8-21-13(10-20)15-17-12(9-14(18-15)19-16)11-5-3-4-6-11/h9,11,13H,2-8,10,16H2,1H3,(H,17,18,19). The Bertz CT molecular complexity index is 475. The van der Waals surface area contributed by atoms with E-state index in [2.05, 4.69) is 22.2 Å². The molecule has 6 heteroatoms. The highest BCUT2D eigenvalue weighted by molar-refractivity contribution is 5.36. The van der Waals surface area contributed by atoms with Crippen molar-refractivity contribution in [3.8, 4) is 0 Å². The first kappa shape index (κ1) is 14.7. The number of ether oxygens (including phenoxy) is 1. The Kier molecular flexibility index (Phi) is 4.67. The van der Waals surface area contributed by atoms with Gasteiger partial charge < -0.3 is 10.2 Å². The average Bonchev–Trinajstić information content (AvgIpc) is 3.09. The third-order valence-corrected chi connectivity index (χ3v) is 4.57. The third-order valence-electron chi connectivity index (χ3n) is 4.57. The Morgan fingerprint density at radius 3 is 2.90 bits per heavy atom. The van der Waals surface area contributed by atoms with E-state index >= 15 is 0 Å². The minimum Gasteiger partial charge on any atom is -0.368 e. The molecular formula is C15H25N5O. The zero-order valence-electron chi connectivity index (χ0n) is 12.7. The summed E-state index contributed by atoms with van der Waals surface area (Å²) < 4.78 is 5.88. The minimum atomic E-state index is -0.0489. The Morgan fingerprint density at radius 2 is 2.19 bits per heavy atom. The number of likely N-dealkylation sites (N-methyl/N-ethyl adjacent to an activating group) is 1. The maximum Gasteiger partial charge on any atom is 0.161 e. The quantitative estimate of drug-likeness (QED) is 0.651. The van der Waals surface area contributed by atoms with Crippen LogP contribution in [0.25, 0.3) is 0 Å². The highest BCUT2D eigenvalue weighted by Crippen LogP contribution is 2.34. The van der Waals surface area contributed by atoms with E-state index in [0.717, 1.165) is 37.8 Å². The second-order valence-corrected chi connectivity index (χ2v) is 5.91. The van der Waals surface area contributed by atoms with Crippen LogP contribution in [0.4, 0.5) is 5.82 Å². The van der Waals surface area contributed by atoms with E-state index in [1.165, 1.54) is 25.7 Å². The lowest BCUT2D eigenvalue weighted by Gasteiger charge is -2.31. The van der Waals surface area contributed by atoms with Gasteiger partial charge in [-0.3, -0.25) is 4.90 Å². The fourth-order valence-electron chi connectivity index (χ4n) is 3.28. The molecule has 1 saturated heterocycles. The number of nitrogen functional groups attached to an aromatic ring is 1. The second kappa shape index (κ2) is 6.68. The van der Waals surface area contributed by atoms with Gasteiger partial charge in [0, 0.05) is 30.8 Å². The van der Waals surface area contributed by atoms with E-state index in [0.29, 0.717) is 11.7 Å². The second-order valence-electron chi connectivity index (χ2n) is 5.91. The molecule has 6 nitrogen and oxygen atoms in total. The fraction of sp³-hybridized carbons (Fsp3) is 0.733. The fourth-order valence-corrected chi connectivity index (χ4v) is 3.28. The summed E-state index contributed by atoms with van der Waals surface area (Å²) in [5.41, 5.74) is 3.79. The van der Waals surface area contributed by atoms with Crippen LogP contribution in [0.1, 0.15) is 56.1 Å². The van der Waals surface area contributed by atoms with Crippen molar-refractivity contribution in [1.29, 1.82) is 0 Å². The molecular weight excluding hydrogens is 266 g/mol. The molecule has 1 aliphatic carbocycles. The maximum atomic E-state index is 5.88. The first-order chi connectivity index (χ1) is 10.3. The van der Waals surface area contributed by atoms with E-state index in [4.69, 9.17) is 15.6 Å². The smallest absolute Gasteiger partial charge is 0.161 e. The van der Waals surface area contributed by atoms with E-state index < -0.39 is 0 Å². The maximum absolute atomic E-state index is 5.88. The Balaban J connectivity index is 1.84. The summed E-state index contributed by atoms with van der Waals surface area (Å²) in [6.45, 7) is 5.78. The Morgan fingerprint density at radius 1 is 1.38 bits per heavy atom. The van der Waals surface area contributed by atoms with Gasteiger partial charge in [0.1, 0.15) is 11.9 Å². The van der Waals surface area contributed by atoms with Gasteiger partial charge in [-0.25, -0.2) is 15.8 Å². The predicted molar refractivity (Wildman–Crippen MR) is 81.9 cm³/mol. The average molecular weight is 291 g/mol. The zero-order chi connectivity index (χ0) is 14.7. The van der Waals surface area contributed by atoms with Gasteiger partial charge in [-0.2, -0.15) is 0 Å². The summed E-state index contributed by atoms with van der Waals surface area (Å²) in [5.74, 6) is 7.59. The van der Waals surface area contributed by atoms with Crippen LogP contribution >= 0.6 is 0 Å². The number of hydrogen-bond donors (Lipinski definition) is 2. The molecule has 1 aromatic rings.